The standard InChI is InChI=1S/C20H22N2O3/c1-13(2)25-15-8-6-14(7-9-15)19(23)12-22-20(24)17-4-3-5-18-16(17)10-11-21-18/h3-11,13,19,21,23H,12H2,1-2H3,(H,22,24). The van der Waals surface area contributed by atoms with Crippen molar-refractivity contribution in [1.29, 1.82) is 0 Å². The molecule has 1 atom stereocenters. The van der Waals surface area contributed by atoms with Crippen LogP contribution in [-0.2, 0) is 0 Å². The van der Waals surface area contributed by atoms with Crippen LogP contribution in [0.3, 0.4) is 0 Å². The number of ether oxygens (including phenoxy) is 1. The molecule has 3 rings (SSSR count). The molecule has 5 nitrogen and oxygen atoms in total. The number of carbonyl (C=O) groups excluding carboxylic acids is 1. The van der Waals surface area contributed by atoms with Crippen molar-refractivity contribution in [3.8, 4) is 5.75 Å². The maximum atomic E-state index is 12.4. The lowest BCUT2D eigenvalue weighted by Gasteiger charge is -2.14. The SMILES string of the molecule is CC(C)Oc1ccc(C(O)CNC(=O)c2cccc3[nH]ccc23)cc1. The quantitative estimate of drug-likeness (QED) is 0.645. The molecule has 0 aliphatic heterocycles. The van der Waals surface area contributed by atoms with Crippen molar-refractivity contribution in [3.63, 3.8) is 0 Å². The van der Waals surface area contributed by atoms with Gasteiger partial charge in [-0.2, -0.15) is 0 Å². The Morgan fingerprint density at radius 2 is 1.92 bits per heavy atom. The van der Waals surface area contributed by atoms with Crippen LogP contribution in [0.15, 0.2) is 54.7 Å². The number of benzene rings is 2. The van der Waals surface area contributed by atoms with Crippen LogP contribution in [0.5, 0.6) is 5.75 Å². The van der Waals surface area contributed by atoms with Gasteiger partial charge >= 0.3 is 0 Å². The summed E-state index contributed by atoms with van der Waals surface area (Å²) in [4.78, 5) is 15.5. The lowest BCUT2D eigenvalue weighted by atomic mass is 10.1. The fraction of sp³-hybridized carbons (Fsp3) is 0.250. The normalized spacial score (nSPS) is 12.3. The number of aliphatic hydroxyl groups excluding tert-OH is 1. The summed E-state index contributed by atoms with van der Waals surface area (Å²) in [5.41, 5.74) is 2.23. The number of aromatic amines is 1. The monoisotopic (exact) mass is 338 g/mol. The molecule has 1 heterocycles. The summed E-state index contributed by atoms with van der Waals surface area (Å²) in [7, 11) is 0. The molecule has 0 saturated carbocycles. The maximum absolute atomic E-state index is 12.4. The molecule has 0 aliphatic rings. The zero-order valence-corrected chi connectivity index (χ0v) is 14.3. The molecule has 130 valence electrons. The smallest absolute Gasteiger partial charge is 0.252 e. The molecule has 5 heteroatoms. The Hall–Kier alpha value is -2.79. The van der Waals surface area contributed by atoms with Gasteiger partial charge in [0, 0.05) is 29.2 Å². The van der Waals surface area contributed by atoms with E-state index in [1.807, 2.05) is 44.2 Å². The minimum Gasteiger partial charge on any atom is -0.491 e. The van der Waals surface area contributed by atoms with E-state index in [2.05, 4.69) is 10.3 Å². The molecule has 1 amide bonds. The fourth-order valence-corrected chi connectivity index (χ4v) is 2.73. The van der Waals surface area contributed by atoms with Gasteiger partial charge in [0.2, 0.25) is 0 Å². The Bertz CT molecular complexity index is 853. The molecule has 0 radical (unpaired) electrons. The van der Waals surface area contributed by atoms with Gasteiger partial charge in [-0.05, 0) is 49.7 Å². The molecule has 25 heavy (non-hydrogen) atoms. The molecule has 0 saturated heterocycles. The fourth-order valence-electron chi connectivity index (χ4n) is 2.73. The second-order valence-electron chi connectivity index (χ2n) is 6.21. The maximum Gasteiger partial charge on any atom is 0.252 e. The Morgan fingerprint density at radius 3 is 2.64 bits per heavy atom. The minimum absolute atomic E-state index is 0.103. The number of hydrogen-bond acceptors (Lipinski definition) is 3. The third-order valence-electron chi connectivity index (χ3n) is 3.93. The molecule has 3 N–H and O–H groups in total. The van der Waals surface area contributed by atoms with Crippen LogP contribution in [0.4, 0.5) is 0 Å². The van der Waals surface area contributed by atoms with E-state index in [-0.39, 0.29) is 18.6 Å². The van der Waals surface area contributed by atoms with Gasteiger partial charge in [0.05, 0.1) is 12.2 Å². The summed E-state index contributed by atoms with van der Waals surface area (Å²) in [5.74, 6) is 0.554. The van der Waals surface area contributed by atoms with Gasteiger partial charge in [0.15, 0.2) is 0 Å². The number of nitrogens with one attached hydrogen (secondary N) is 2. The van der Waals surface area contributed by atoms with Gasteiger partial charge in [-0.25, -0.2) is 0 Å². The summed E-state index contributed by atoms with van der Waals surface area (Å²) >= 11 is 0. The first-order valence-corrected chi connectivity index (χ1v) is 8.33. The van der Waals surface area contributed by atoms with Crippen molar-refractivity contribution in [1.82, 2.24) is 10.3 Å². The Morgan fingerprint density at radius 1 is 1.16 bits per heavy atom. The number of amides is 1. The highest BCUT2D eigenvalue weighted by molar-refractivity contribution is 6.06. The predicted octanol–water partition coefficient (Wildman–Crippen LogP) is 3.42. The summed E-state index contributed by atoms with van der Waals surface area (Å²) in [6.07, 6.45) is 1.13. The first-order valence-electron chi connectivity index (χ1n) is 8.33. The van der Waals surface area contributed by atoms with Gasteiger partial charge in [0.25, 0.3) is 5.91 Å². The van der Waals surface area contributed by atoms with E-state index in [0.29, 0.717) is 5.56 Å². The highest BCUT2D eigenvalue weighted by Gasteiger charge is 2.13. The van der Waals surface area contributed by atoms with E-state index in [9.17, 15) is 9.90 Å². The first kappa shape index (κ1) is 17.0. The van der Waals surface area contributed by atoms with E-state index < -0.39 is 6.10 Å². The second-order valence-corrected chi connectivity index (χ2v) is 6.21. The summed E-state index contributed by atoms with van der Waals surface area (Å²) in [6, 6.07) is 14.6. The Balaban J connectivity index is 1.62. The number of rotatable bonds is 6. The molecule has 0 bridgehead atoms. The van der Waals surface area contributed by atoms with Crippen LogP contribution in [-0.4, -0.2) is 28.6 Å². The van der Waals surface area contributed by atoms with E-state index in [1.54, 1.807) is 24.4 Å². The van der Waals surface area contributed by atoms with Gasteiger partial charge in [-0.3, -0.25) is 4.79 Å². The largest absolute Gasteiger partial charge is 0.491 e. The summed E-state index contributed by atoms with van der Waals surface area (Å²) in [5, 5.41) is 14.0. The van der Waals surface area contributed by atoms with Crippen LogP contribution in [0, 0.1) is 0 Å². The van der Waals surface area contributed by atoms with Crippen molar-refractivity contribution in [2.45, 2.75) is 26.1 Å². The van der Waals surface area contributed by atoms with Crippen molar-refractivity contribution in [2.24, 2.45) is 0 Å². The average Bonchev–Trinajstić information content (AvgIpc) is 3.08. The molecule has 0 fully saturated rings. The number of hydrogen-bond donors (Lipinski definition) is 3. The van der Waals surface area contributed by atoms with Crippen molar-refractivity contribution in [3.05, 3.63) is 65.9 Å². The first-order chi connectivity index (χ1) is 12.0. The lowest BCUT2D eigenvalue weighted by Crippen LogP contribution is -2.28. The number of aliphatic hydroxyl groups is 1. The van der Waals surface area contributed by atoms with E-state index in [0.717, 1.165) is 22.2 Å². The molecule has 2 aromatic carbocycles. The van der Waals surface area contributed by atoms with E-state index in [4.69, 9.17) is 4.74 Å². The third-order valence-corrected chi connectivity index (χ3v) is 3.93. The van der Waals surface area contributed by atoms with Crippen LogP contribution >= 0.6 is 0 Å². The van der Waals surface area contributed by atoms with Crippen LogP contribution in [0.1, 0.15) is 35.9 Å². The molecule has 3 aromatic rings. The number of aromatic nitrogens is 1. The summed E-state index contributed by atoms with van der Waals surface area (Å²) in [6.45, 7) is 4.07. The van der Waals surface area contributed by atoms with Gasteiger partial charge in [0.1, 0.15) is 5.75 Å². The zero-order valence-electron chi connectivity index (χ0n) is 14.3. The average molecular weight is 338 g/mol. The zero-order chi connectivity index (χ0) is 17.8. The lowest BCUT2D eigenvalue weighted by molar-refractivity contribution is 0.0918. The van der Waals surface area contributed by atoms with E-state index >= 15 is 0 Å². The van der Waals surface area contributed by atoms with Crippen LogP contribution < -0.4 is 10.1 Å². The molecule has 0 spiro atoms. The molecule has 1 aromatic heterocycles. The van der Waals surface area contributed by atoms with E-state index in [1.165, 1.54) is 0 Å². The minimum atomic E-state index is -0.775. The van der Waals surface area contributed by atoms with Crippen LogP contribution in [0.2, 0.25) is 0 Å². The van der Waals surface area contributed by atoms with Crippen LogP contribution in [0.25, 0.3) is 10.9 Å². The molecule has 0 aliphatic carbocycles. The third kappa shape index (κ3) is 4.00. The van der Waals surface area contributed by atoms with Gasteiger partial charge in [-0.15, -0.1) is 0 Å². The molecule has 1 unspecified atom stereocenters. The number of fused-ring (bicyclic) bond motifs is 1. The van der Waals surface area contributed by atoms with Gasteiger partial charge in [-0.1, -0.05) is 18.2 Å². The highest BCUT2D eigenvalue weighted by Crippen LogP contribution is 2.20. The number of carbonyl (C=O) groups is 1. The highest BCUT2D eigenvalue weighted by atomic mass is 16.5. The molecular weight excluding hydrogens is 316 g/mol. The predicted molar refractivity (Wildman–Crippen MR) is 97.8 cm³/mol. The number of H-pyrrole nitrogens is 1. The van der Waals surface area contributed by atoms with Gasteiger partial charge < -0.3 is 20.1 Å². The van der Waals surface area contributed by atoms with Crippen molar-refractivity contribution in [2.75, 3.05) is 6.54 Å². The van der Waals surface area contributed by atoms with Crippen molar-refractivity contribution < 1.29 is 14.6 Å². The molecular formula is C20H22N2O3. The Kier molecular flexibility index (Phi) is 5.05. The topological polar surface area (TPSA) is 74.3 Å². The second kappa shape index (κ2) is 7.40. The van der Waals surface area contributed by atoms with Crippen molar-refractivity contribution >= 4 is 16.8 Å². The Labute approximate surface area is 146 Å². The summed E-state index contributed by atoms with van der Waals surface area (Å²) < 4.78 is 5.58.